The average Bonchev–Trinajstić information content (AvgIpc) is 4.47. The molecule has 4 aromatic carbocycles. The van der Waals surface area contributed by atoms with E-state index in [9.17, 15) is 56.4 Å². The van der Waals surface area contributed by atoms with Gasteiger partial charge in [0, 0.05) is 90.9 Å². The molecule has 5 N–H and O–H groups in total. The van der Waals surface area contributed by atoms with Gasteiger partial charge in [0.1, 0.15) is 35.9 Å². The van der Waals surface area contributed by atoms with E-state index in [1.165, 1.54) is 78.6 Å². The second-order valence-electron chi connectivity index (χ2n) is 19.1. The number of H-pyrrole nitrogens is 1. The summed E-state index contributed by atoms with van der Waals surface area (Å²) in [6, 6.07) is 15.4. The number of carbonyl (C=O) groups is 4. The van der Waals surface area contributed by atoms with Gasteiger partial charge in [0.2, 0.25) is 6.29 Å². The average molecular weight is 1180 g/mol. The van der Waals surface area contributed by atoms with Crippen molar-refractivity contribution in [1.29, 1.82) is 0 Å². The number of alkyl halides is 1. The van der Waals surface area contributed by atoms with E-state index in [0.29, 0.717) is 46.3 Å². The third-order valence-electron chi connectivity index (χ3n) is 13.6. The van der Waals surface area contributed by atoms with Gasteiger partial charge < -0.3 is 67.3 Å². The van der Waals surface area contributed by atoms with Gasteiger partial charge >= 0.3 is 10.4 Å². The lowest BCUT2D eigenvalue weighted by Gasteiger charge is -2.39. The fraction of sp³-hybridized carbons (Fsp3) is 0.385. The minimum Gasteiger partial charge on any atom is -0.497 e. The normalized spacial score (nSPS) is 20.1. The van der Waals surface area contributed by atoms with Crippen LogP contribution in [0.25, 0.3) is 21.7 Å². The molecule has 1 fully saturated rings. The highest BCUT2D eigenvalue weighted by Gasteiger charge is 2.45. The van der Waals surface area contributed by atoms with Crippen molar-refractivity contribution in [3.63, 3.8) is 0 Å². The highest BCUT2D eigenvalue weighted by atomic mass is 35.5. The largest absolute Gasteiger partial charge is 0.501 e. The number of aromatic amines is 1. The number of methoxy groups -OCH3 is 1. The number of sulfone groups is 1. The van der Waals surface area contributed by atoms with Gasteiger partial charge in [0.25, 0.3) is 23.6 Å². The smallest absolute Gasteiger partial charge is 0.497 e. The molecule has 0 spiro atoms. The van der Waals surface area contributed by atoms with Crippen LogP contribution in [0.4, 0.5) is 5.69 Å². The lowest BCUT2D eigenvalue weighted by atomic mass is 9.95. The van der Waals surface area contributed by atoms with Crippen molar-refractivity contribution in [1.82, 2.24) is 29.8 Å². The molecule has 5 heterocycles. The molecule has 26 nitrogen and oxygen atoms in total. The number of amides is 4. The minimum atomic E-state index is -5.30. The predicted molar refractivity (Wildman–Crippen MR) is 286 cm³/mol. The number of nitrogens with zero attached hydrogens (tertiary/aromatic N) is 6. The summed E-state index contributed by atoms with van der Waals surface area (Å²) in [4.78, 5) is 58.6. The van der Waals surface area contributed by atoms with E-state index in [0.717, 1.165) is 23.3 Å². The maximum Gasteiger partial charge on any atom is 0.501 e. The van der Waals surface area contributed by atoms with Crippen molar-refractivity contribution in [2.45, 2.75) is 54.5 Å². The Labute approximate surface area is 468 Å². The number of benzene rings is 4. The van der Waals surface area contributed by atoms with Crippen LogP contribution >= 0.6 is 11.6 Å². The minimum absolute atomic E-state index is 0.0324. The van der Waals surface area contributed by atoms with Gasteiger partial charge in [-0.1, -0.05) is 5.21 Å². The summed E-state index contributed by atoms with van der Waals surface area (Å²) in [6.07, 6.45) is -3.21. The van der Waals surface area contributed by atoms with Crippen molar-refractivity contribution in [3.8, 4) is 23.0 Å². The summed E-state index contributed by atoms with van der Waals surface area (Å²) < 4.78 is 94.4. The van der Waals surface area contributed by atoms with E-state index in [1.807, 2.05) is 0 Å². The molecule has 6 aromatic rings. The van der Waals surface area contributed by atoms with Crippen molar-refractivity contribution >= 4 is 82.8 Å². The van der Waals surface area contributed by atoms with Crippen LogP contribution in [0.3, 0.4) is 0 Å². The molecule has 0 saturated carbocycles. The standard InChI is InChI=1S/C52H56ClN7O19S2/c1-57(13-17-75-18-14-58-27-32(55-56-58)12-16-74-19-15-59-44(62)10-11-45(59)63)50(67)29-4-9-40(76-52-49(66)48(65)47(64)43(28-61)77-52)42(22-29)79-81(71,72)78-41-24-39-46(36-23-33(73-2)5-7-35(36)41)31(25-53)26-60(39)51(68)38-21-30-20-34(80(3,69)70)6-8-37(30)54-38/h4-11,20-24,27,31,43,47-49,52,54,61,64-66H,12-19,25-26,28H2,1-3H3/t31-,43-,47+,48+,49?,52-/m1/s1. The number of aliphatic hydroxyl groups is 4. The first kappa shape index (κ1) is 58.4. The van der Waals surface area contributed by atoms with Crippen LogP contribution in [0.5, 0.6) is 23.0 Å². The maximum atomic E-state index is 14.5. The van der Waals surface area contributed by atoms with Crippen LogP contribution in [0.15, 0.2) is 90.0 Å². The Morgan fingerprint density at radius 3 is 2.32 bits per heavy atom. The summed E-state index contributed by atoms with van der Waals surface area (Å²) in [5, 5.41) is 50.9. The summed E-state index contributed by atoms with van der Waals surface area (Å²) in [5.74, 6) is -3.51. The van der Waals surface area contributed by atoms with Crippen LogP contribution in [-0.2, 0) is 57.0 Å². The molecule has 1 unspecified atom stereocenters. The van der Waals surface area contributed by atoms with Gasteiger partial charge in [-0.15, -0.1) is 25.1 Å². The first-order valence-corrected chi connectivity index (χ1v) is 28.9. The van der Waals surface area contributed by atoms with Crippen molar-refractivity contribution in [2.24, 2.45) is 0 Å². The summed E-state index contributed by atoms with van der Waals surface area (Å²) in [5.41, 5.74) is 1.86. The Morgan fingerprint density at radius 1 is 0.852 bits per heavy atom. The Morgan fingerprint density at radius 2 is 1.59 bits per heavy atom. The maximum absolute atomic E-state index is 14.5. The van der Waals surface area contributed by atoms with Gasteiger partial charge in [-0.3, -0.25) is 24.1 Å². The first-order valence-electron chi connectivity index (χ1n) is 25.1. The monoisotopic (exact) mass is 1180 g/mol. The van der Waals surface area contributed by atoms with E-state index >= 15 is 0 Å². The number of rotatable bonds is 24. The zero-order valence-corrected chi connectivity index (χ0v) is 46.0. The molecule has 3 aliphatic heterocycles. The van der Waals surface area contributed by atoms with Crippen LogP contribution in [0, 0.1) is 0 Å². The molecule has 6 atom stereocenters. The molecule has 0 bridgehead atoms. The molecule has 0 radical (unpaired) electrons. The molecule has 2 aromatic heterocycles. The quantitative estimate of drug-likeness (QED) is 0.0325. The van der Waals surface area contributed by atoms with Gasteiger partial charge in [-0.25, -0.2) is 13.1 Å². The number of likely N-dealkylation sites (N-methyl/N-ethyl adjacent to an activating group) is 1. The van der Waals surface area contributed by atoms with Gasteiger partial charge in [0.15, 0.2) is 27.1 Å². The number of hydrogen-bond donors (Lipinski definition) is 5. The zero-order valence-electron chi connectivity index (χ0n) is 43.6. The lowest BCUT2D eigenvalue weighted by molar-refractivity contribution is -0.277. The number of imide groups is 1. The van der Waals surface area contributed by atoms with Crippen molar-refractivity contribution < 1.29 is 88.5 Å². The Hall–Kier alpha value is -7.25. The topological polar surface area (TPSA) is 338 Å². The number of carbonyl (C=O) groups excluding carboxylic acids is 4. The number of ether oxygens (including phenoxy) is 5. The SMILES string of the molecule is COc1ccc2c(OS(=O)(=O)Oc3cc(C(=O)N(C)CCOCCn4cc(CCOCCN5C(=O)C=CC5=O)nn4)ccc3O[C@@H]3O[C@H](CO)[C@H](O)[C@H](O)C3O)cc3c(c2c1)[C@H](CCl)CN3C(=O)c1cc2cc(S(C)(=O)=O)ccc2[nH]1. The van der Waals surface area contributed by atoms with E-state index < -0.39 is 86.8 Å². The Balaban J connectivity index is 0.917. The molecular weight excluding hydrogens is 1130 g/mol. The third-order valence-corrected chi connectivity index (χ3v) is 15.9. The van der Waals surface area contributed by atoms with E-state index in [4.69, 9.17) is 43.7 Å². The summed E-state index contributed by atoms with van der Waals surface area (Å²) in [6.45, 7) is 0.414. The summed E-state index contributed by atoms with van der Waals surface area (Å²) in [7, 11) is -5.97. The lowest BCUT2D eigenvalue weighted by Crippen LogP contribution is -2.60. The van der Waals surface area contributed by atoms with Crippen LogP contribution in [-0.4, -0.2) is 200 Å². The predicted octanol–water partition coefficient (Wildman–Crippen LogP) is 1.46. The van der Waals surface area contributed by atoms with Crippen LogP contribution < -0.4 is 22.7 Å². The molecule has 1 saturated heterocycles. The van der Waals surface area contributed by atoms with E-state index in [-0.39, 0.29) is 96.7 Å². The molecule has 9 rings (SSSR count). The van der Waals surface area contributed by atoms with Gasteiger partial charge in [-0.2, -0.15) is 0 Å². The first-order chi connectivity index (χ1) is 38.7. The number of halogens is 1. The number of nitrogens with one attached hydrogen (secondary N) is 1. The van der Waals surface area contributed by atoms with E-state index in [2.05, 4.69) is 15.3 Å². The summed E-state index contributed by atoms with van der Waals surface area (Å²) >= 11 is 6.55. The van der Waals surface area contributed by atoms with Gasteiger partial charge in [0.05, 0.1) is 69.5 Å². The molecule has 432 valence electrons. The molecule has 0 aliphatic carbocycles. The molecule has 29 heteroatoms. The molecular formula is C52H56ClN7O19S2. The fourth-order valence-electron chi connectivity index (χ4n) is 9.32. The number of aromatic nitrogens is 4. The number of anilines is 1. The third kappa shape index (κ3) is 12.9. The molecule has 81 heavy (non-hydrogen) atoms. The number of fused-ring (bicyclic) bond motifs is 4. The van der Waals surface area contributed by atoms with Gasteiger partial charge in [-0.05, 0) is 71.6 Å². The Kier molecular flexibility index (Phi) is 17.6. The van der Waals surface area contributed by atoms with Crippen molar-refractivity contribution in [3.05, 3.63) is 108 Å². The fourth-order valence-corrected chi connectivity index (χ4v) is 11.0. The van der Waals surface area contributed by atoms with Crippen LogP contribution in [0.2, 0.25) is 0 Å². The highest BCUT2D eigenvalue weighted by molar-refractivity contribution is 7.90. The van der Waals surface area contributed by atoms with Crippen LogP contribution in [0.1, 0.15) is 38.0 Å². The second-order valence-corrected chi connectivity index (χ2v) is 22.6. The second kappa shape index (κ2) is 24.5. The zero-order chi connectivity index (χ0) is 57.9. The highest BCUT2D eigenvalue weighted by Crippen LogP contribution is 2.48. The number of aliphatic hydroxyl groups excluding tert-OH is 4. The van der Waals surface area contributed by atoms with Crippen molar-refractivity contribution in [2.75, 3.05) is 83.9 Å². The van der Waals surface area contributed by atoms with E-state index in [1.54, 1.807) is 23.0 Å². The number of hydrogen-bond acceptors (Lipinski definition) is 21. The molecule has 4 amide bonds. The Bertz CT molecular complexity index is 3610. The molecule has 3 aliphatic rings.